The predicted molar refractivity (Wildman–Crippen MR) is 79.1 cm³/mol. The van der Waals surface area contributed by atoms with Gasteiger partial charge in [-0.15, -0.1) is 11.6 Å². The van der Waals surface area contributed by atoms with Gasteiger partial charge in [0, 0.05) is 5.56 Å². The van der Waals surface area contributed by atoms with Crippen LogP contribution in [-0.4, -0.2) is 10.5 Å². The summed E-state index contributed by atoms with van der Waals surface area (Å²) in [4.78, 5) is 0. The van der Waals surface area contributed by atoms with Gasteiger partial charge in [0.05, 0.1) is 15.4 Å². The van der Waals surface area contributed by atoms with E-state index in [1.807, 2.05) is 0 Å². The standard InChI is InChI=1S/C11H8Cl6O/c12-5-3-1-2-4-6(11(5,16)17)10(18)9(15)8(14)7(4)13/h5,18H,1-3H2. The number of phenolic OH excluding ortho intramolecular Hbond substituents is 1. The van der Waals surface area contributed by atoms with Crippen molar-refractivity contribution in [3.63, 3.8) is 0 Å². The Bertz CT molecular complexity index is 499. The monoisotopic (exact) mass is 366 g/mol. The average molecular weight is 369 g/mol. The van der Waals surface area contributed by atoms with Gasteiger partial charge in [-0.2, -0.15) is 0 Å². The van der Waals surface area contributed by atoms with Crippen molar-refractivity contribution in [1.29, 1.82) is 0 Å². The first-order chi connectivity index (χ1) is 8.28. The highest BCUT2D eigenvalue weighted by atomic mass is 35.5. The summed E-state index contributed by atoms with van der Waals surface area (Å²) < 4.78 is -1.45. The average Bonchev–Trinajstić information content (AvgIpc) is 2.42. The number of hydrogen-bond donors (Lipinski definition) is 1. The Morgan fingerprint density at radius 3 is 2.28 bits per heavy atom. The summed E-state index contributed by atoms with van der Waals surface area (Å²) in [6.45, 7) is 0. The second-order valence-corrected chi connectivity index (χ2v) is 7.17. The van der Waals surface area contributed by atoms with Gasteiger partial charge in [-0.05, 0) is 24.8 Å². The van der Waals surface area contributed by atoms with Crippen molar-refractivity contribution in [2.75, 3.05) is 0 Å². The quantitative estimate of drug-likeness (QED) is 0.342. The van der Waals surface area contributed by atoms with E-state index in [-0.39, 0.29) is 26.4 Å². The topological polar surface area (TPSA) is 20.2 Å². The van der Waals surface area contributed by atoms with Gasteiger partial charge in [-0.3, -0.25) is 0 Å². The maximum atomic E-state index is 10.1. The van der Waals surface area contributed by atoms with Gasteiger partial charge < -0.3 is 5.11 Å². The molecule has 0 aliphatic heterocycles. The van der Waals surface area contributed by atoms with Crippen LogP contribution in [0.5, 0.6) is 5.75 Å². The zero-order valence-electron chi connectivity index (χ0n) is 8.91. The molecule has 0 radical (unpaired) electrons. The number of phenols is 1. The van der Waals surface area contributed by atoms with Crippen LogP contribution in [0.3, 0.4) is 0 Å². The van der Waals surface area contributed by atoms with E-state index in [1.54, 1.807) is 0 Å². The van der Waals surface area contributed by atoms with Gasteiger partial charge in [-0.25, -0.2) is 0 Å². The molecule has 1 atom stereocenters. The van der Waals surface area contributed by atoms with Crippen LogP contribution in [-0.2, 0) is 10.8 Å². The molecule has 2 rings (SSSR count). The second-order valence-electron chi connectivity index (χ2n) is 4.13. The molecule has 1 nitrogen and oxygen atoms in total. The molecule has 18 heavy (non-hydrogen) atoms. The van der Waals surface area contributed by atoms with Gasteiger partial charge >= 0.3 is 0 Å². The van der Waals surface area contributed by atoms with E-state index in [1.165, 1.54) is 0 Å². The van der Waals surface area contributed by atoms with E-state index in [0.29, 0.717) is 18.4 Å². The Hall–Kier alpha value is 0.760. The van der Waals surface area contributed by atoms with Crippen molar-refractivity contribution in [1.82, 2.24) is 0 Å². The molecule has 100 valence electrons. The number of aromatic hydroxyl groups is 1. The molecule has 0 saturated carbocycles. The van der Waals surface area contributed by atoms with E-state index in [0.717, 1.165) is 6.42 Å². The molecule has 0 bridgehead atoms. The molecule has 1 N–H and O–H groups in total. The van der Waals surface area contributed by atoms with Crippen molar-refractivity contribution >= 4 is 69.6 Å². The van der Waals surface area contributed by atoms with Crippen molar-refractivity contribution in [2.24, 2.45) is 0 Å². The molecular weight excluding hydrogens is 361 g/mol. The van der Waals surface area contributed by atoms with Crippen molar-refractivity contribution in [3.8, 4) is 5.75 Å². The molecule has 0 amide bonds. The normalized spacial score (nSPS) is 22.4. The molecule has 0 fully saturated rings. The molecule has 0 aromatic heterocycles. The molecular formula is C11H8Cl6O. The predicted octanol–water partition coefficient (Wildman–Crippen LogP) is 5.93. The largest absolute Gasteiger partial charge is 0.506 e. The molecule has 1 aliphatic carbocycles. The lowest BCUT2D eigenvalue weighted by molar-refractivity contribution is 0.463. The lowest BCUT2D eigenvalue weighted by Gasteiger charge is -2.27. The number of alkyl halides is 3. The first-order valence-electron chi connectivity index (χ1n) is 5.19. The molecule has 1 aliphatic rings. The summed E-state index contributed by atoms with van der Waals surface area (Å²) in [5.74, 6) is -0.251. The minimum absolute atomic E-state index is 0.0585. The van der Waals surface area contributed by atoms with E-state index in [2.05, 4.69) is 0 Å². The highest BCUT2D eigenvalue weighted by Gasteiger charge is 2.43. The maximum absolute atomic E-state index is 10.1. The Morgan fingerprint density at radius 1 is 1.06 bits per heavy atom. The summed E-state index contributed by atoms with van der Waals surface area (Å²) in [5, 5.41) is 9.90. The van der Waals surface area contributed by atoms with E-state index < -0.39 is 9.71 Å². The number of benzene rings is 1. The van der Waals surface area contributed by atoms with Gasteiger partial charge in [0.25, 0.3) is 0 Å². The first-order valence-corrected chi connectivity index (χ1v) is 7.51. The Balaban J connectivity index is 2.81. The van der Waals surface area contributed by atoms with Crippen molar-refractivity contribution in [3.05, 3.63) is 26.2 Å². The molecule has 0 heterocycles. The van der Waals surface area contributed by atoms with Crippen LogP contribution >= 0.6 is 69.6 Å². The van der Waals surface area contributed by atoms with Gasteiger partial charge in [0.2, 0.25) is 0 Å². The molecule has 1 aromatic rings. The summed E-state index contributed by atoms with van der Waals surface area (Å²) in [7, 11) is 0. The van der Waals surface area contributed by atoms with Crippen LogP contribution in [0.15, 0.2) is 0 Å². The maximum Gasteiger partial charge on any atom is 0.163 e. The fraction of sp³-hybridized carbons (Fsp3) is 0.455. The molecule has 1 unspecified atom stereocenters. The van der Waals surface area contributed by atoms with E-state index in [4.69, 9.17) is 69.6 Å². The fourth-order valence-electron chi connectivity index (χ4n) is 2.08. The number of fused-ring (bicyclic) bond motifs is 1. The van der Waals surface area contributed by atoms with Crippen LogP contribution in [0.2, 0.25) is 15.1 Å². The third kappa shape index (κ3) is 2.28. The lowest BCUT2D eigenvalue weighted by atomic mass is 10.0. The van der Waals surface area contributed by atoms with Crippen molar-refractivity contribution < 1.29 is 5.11 Å². The number of rotatable bonds is 0. The van der Waals surface area contributed by atoms with E-state index >= 15 is 0 Å². The third-order valence-electron chi connectivity index (χ3n) is 3.01. The minimum Gasteiger partial charge on any atom is -0.506 e. The van der Waals surface area contributed by atoms with Crippen molar-refractivity contribution in [2.45, 2.75) is 29.0 Å². The highest BCUT2D eigenvalue weighted by Crippen LogP contribution is 2.54. The van der Waals surface area contributed by atoms with Gasteiger partial charge in [-0.1, -0.05) is 58.0 Å². The zero-order valence-corrected chi connectivity index (χ0v) is 13.4. The lowest BCUT2D eigenvalue weighted by Crippen LogP contribution is -2.23. The SMILES string of the molecule is Oc1c(Cl)c(Cl)c(Cl)c2c1C(Cl)(Cl)C(Cl)CCC2. The Kier molecular flexibility index (Phi) is 4.44. The fourth-order valence-corrected chi connectivity index (χ4v) is 3.70. The first kappa shape index (κ1) is 15.2. The van der Waals surface area contributed by atoms with Crippen LogP contribution < -0.4 is 0 Å². The Morgan fingerprint density at radius 2 is 1.67 bits per heavy atom. The summed E-state index contributed by atoms with van der Waals surface area (Å²) >= 11 is 36.7. The molecule has 1 aromatic carbocycles. The zero-order chi connectivity index (χ0) is 13.7. The van der Waals surface area contributed by atoms with E-state index in [9.17, 15) is 5.11 Å². The van der Waals surface area contributed by atoms with Crippen LogP contribution in [0.1, 0.15) is 24.0 Å². The minimum atomic E-state index is -1.45. The molecule has 0 spiro atoms. The van der Waals surface area contributed by atoms with Crippen LogP contribution in [0.4, 0.5) is 0 Å². The Labute approximate surface area is 135 Å². The smallest absolute Gasteiger partial charge is 0.163 e. The molecule has 0 saturated heterocycles. The summed E-state index contributed by atoms with van der Waals surface area (Å²) in [6, 6.07) is 0. The third-order valence-corrected chi connectivity index (χ3v) is 6.04. The number of halogens is 6. The second kappa shape index (κ2) is 5.27. The summed E-state index contributed by atoms with van der Waals surface area (Å²) in [5.41, 5.74) is 0.874. The number of hydrogen-bond acceptors (Lipinski definition) is 1. The van der Waals surface area contributed by atoms with Crippen LogP contribution in [0, 0.1) is 0 Å². The van der Waals surface area contributed by atoms with Gasteiger partial charge in [0.15, 0.2) is 4.33 Å². The van der Waals surface area contributed by atoms with Crippen LogP contribution in [0.25, 0.3) is 0 Å². The summed E-state index contributed by atoms with van der Waals surface area (Å²) in [6.07, 6.45) is 1.94. The van der Waals surface area contributed by atoms with Gasteiger partial charge in [0.1, 0.15) is 10.8 Å². The molecule has 7 heteroatoms. The highest BCUT2D eigenvalue weighted by molar-refractivity contribution is 6.53.